The topological polar surface area (TPSA) is 119 Å². The van der Waals surface area contributed by atoms with E-state index in [1.165, 1.54) is 42.5 Å². The van der Waals surface area contributed by atoms with Gasteiger partial charge in [0, 0.05) is 23.2 Å². The average molecular weight is 346 g/mol. The van der Waals surface area contributed by atoms with Gasteiger partial charge in [0.1, 0.15) is 5.75 Å². The maximum absolute atomic E-state index is 10.9. The highest BCUT2D eigenvalue weighted by atomic mass is 35.5. The third kappa shape index (κ3) is 4.44. The largest absolute Gasteiger partial charge is 0.524 e. The second kappa shape index (κ2) is 6.33. The number of rotatable bonds is 5. The number of nitro benzene ring substituents is 1. The van der Waals surface area contributed by atoms with E-state index in [2.05, 4.69) is 4.52 Å². The maximum atomic E-state index is 10.9. The number of hydrogen-bond acceptors (Lipinski definition) is 5. The molecule has 2 N–H and O–H groups in total. The molecule has 0 aliphatic heterocycles. The van der Waals surface area contributed by atoms with E-state index in [1.807, 2.05) is 0 Å². The minimum atomic E-state index is -4.79. The van der Waals surface area contributed by atoms with Gasteiger partial charge in [-0.05, 0) is 24.3 Å². The maximum Gasteiger partial charge on any atom is 0.524 e. The molecule has 116 valence electrons. The summed E-state index contributed by atoms with van der Waals surface area (Å²) in [6.07, 6.45) is 0. The van der Waals surface area contributed by atoms with Crippen LogP contribution in [0.3, 0.4) is 0 Å². The number of halogens is 1. The van der Waals surface area contributed by atoms with Gasteiger partial charge in [-0.15, -0.1) is 0 Å². The molecule has 2 rings (SSSR count). The molecule has 2 aromatic rings. The lowest BCUT2D eigenvalue weighted by atomic mass is 10.3. The first-order valence-corrected chi connectivity index (χ1v) is 7.62. The molecule has 10 heteroatoms. The van der Waals surface area contributed by atoms with Crippen molar-refractivity contribution in [2.75, 3.05) is 0 Å². The molecule has 0 aliphatic rings. The lowest BCUT2D eigenvalue weighted by Gasteiger charge is -2.13. The van der Waals surface area contributed by atoms with E-state index in [9.17, 15) is 14.7 Å². The van der Waals surface area contributed by atoms with Crippen molar-refractivity contribution >= 4 is 25.1 Å². The van der Waals surface area contributed by atoms with E-state index in [4.69, 9.17) is 26.1 Å². The van der Waals surface area contributed by atoms with Crippen LogP contribution >= 0.6 is 19.4 Å². The van der Waals surface area contributed by atoms with Gasteiger partial charge in [-0.2, -0.15) is 0 Å². The van der Waals surface area contributed by atoms with Crippen LogP contribution in [0.1, 0.15) is 0 Å². The normalized spacial score (nSPS) is 11.0. The number of phosphoric ester groups is 1. The minimum Gasteiger partial charge on any atom is -0.453 e. The molecule has 22 heavy (non-hydrogen) atoms. The van der Waals surface area contributed by atoms with Gasteiger partial charge in [0.15, 0.2) is 11.5 Å². The Bertz CT molecular complexity index is 744. The number of ether oxygens (including phenoxy) is 1. The Hall–Kier alpha value is -2.12. The number of non-ortho nitro benzene ring substituents is 1. The van der Waals surface area contributed by atoms with E-state index in [0.29, 0.717) is 0 Å². The van der Waals surface area contributed by atoms with Crippen molar-refractivity contribution in [3.05, 3.63) is 57.6 Å². The zero-order valence-corrected chi connectivity index (χ0v) is 12.4. The van der Waals surface area contributed by atoms with Crippen molar-refractivity contribution in [1.29, 1.82) is 0 Å². The predicted octanol–water partition coefficient (Wildman–Crippen LogP) is 3.51. The molecule has 8 nitrogen and oxygen atoms in total. The van der Waals surface area contributed by atoms with Gasteiger partial charge in [-0.1, -0.05) is 11.6 Å². The lowest BCUT2D eigenvalue weighted by Crippen LogP contribution is -1.94. The van der Waals surface area contributed by atoms with Crippen LogP contribution in [0.15, 0.2) is 42.5 Å². The molecule has 0 saturated carbocycles. The summed E-state index contributed by atoms with van der Waals surface area (Å²) in [6.45, 7) is 0. The van der Waals surface area contributed by atoms with E-state index < -0.39 is 12.7 Å². The first kappa shape index (κ1) is 16.3. The van der Waals surface area contributed by atoms with Crippen molar-refractivity contribution in [1.82, 2.24) is 0 Å². The summed E-state index contributed by atoms with van der Waals surface area (Å²) in [7, 11) is -4.79. The molecule has 0 saturated heterocycles. The molecule has 2 aromatic carbocycles. The highest BCUT2D eigenvalue weighted by Gasteiger charge is 2.20. The molecule has 0 spiro atoms. The number of nitro groups is 1. The third-order valence-electron chi connectivity index (χ3n) is 2.40. The first-order valence-electron chi connectivity index (χ1n) is 5.71. The fourth-order valence-corrected chi connectivity index (χ4v) is 2.09. The van der Waals surface area contributed by atoms with Gasteiger partial charge in [0.2, 0.25) is 0 Å². The van der Waals surface area contributed by atoms with Crippen LogP contribution in [0.25, 0.3) is 0 Å². The van der Waals surface area contributed by atoms with Crippen LogP contribution in [0, 0.1) is 10.1 Å². The molecular formula is C12H9ClNO7P. The van der Waals surface area contributed by atoms with E-state index in [-0.39, 0.29) is 28.0 Å². The van der Waals surface area contributed by atoms with Crippen LogP contribution in [0.5, 0.6) is 17.2 Å². The highest BCUT2D eigenvalue weighted by molar-refractivity contribution is 7.46. The summed E-state index contributed by atoms with van der Waals surface area (Å²) in [5.41, 5.74) is -0.116. The van der Waals surface area contributed by atoms with Gasteiger partial charge < -0.3 is 9.26 Å². The molecule has 0 amide bonds. The van der Waals surface area contributed by atoms with Crippen molar-refractivity contribution in [2.24, 2.45) is 0 Å². The van der Waals surface area contributed by atoms with Crippen molar-refractivity contribution < 1.29 is 28.5 Å². The summed E-state index contributed by atoms with van der Waals surface area (Å²) in [5, 5.41) is 10.8. The molecular weight excluding hydrogens is 337 g/mol. The Labute approximate surface area is 129 Å². The van der Waals surface area contributed by atoms with Crippen molar-refractivity contribution in [2.45, 2.75) is 0 Å². The van der Waals surface area contributed by atoms with Crippen LogP contribution in [-0.2, 0) is 4.57 Å². The van der Waals surface area contributed by atoms with Gasteiger partial charge in [0.05, 0.1) is 4.92 Å². The van der Waals surface area contributed by atoms with Crippen LogP contribution < -0.4 is 9.26 Å². The Morgan fingerprint density at radius 3 is 2.27 bits per heavy atom. The Balaban J connectivity index is 2.28. The Morgan fingerprint density at radius 1 is 1.09 bits per heavy atom. The predicted molar refractivity (Wildman–Crippen MR) is 77.3 cm³/mol. The molecule has 0 aromatic heterocycles. The van der Waals surface area contributed by atoms with E-state index in [0.717, 1.165) is 0 Å². The number of phosphoric acid groups is 1. The number of benzene rings is 2. The Kier molecular flexibility index (Phi) is 4.68. The second-order valence-corrected chi connectivity index (χ2v) is 5.63. The van der Waals surface area contributed by atoms with Gasteiger partial charge >= 0.3 is 7.82 Å². The highest BCUT2D eigenvalue weighted by Crippen LogP contribution is 2.44. The van der Waals surface area contributed by atoms with Crippen LogP contribution in [0.4, 0.5) is 5.69 Å². The monoisotopic (exact) mass is 345 g/mol. The first-order chi connectivity index (χ1) is 10.2. The molecule has 0 fully saturated rings. The summed E-state index contributed by atoms with van der Waals surface area (Å²) < 4.78 is 20.8. The summed E-state index contributed by atoms with van der Waals surface area (Å²) in [4.78, 5) is 27.7. The van der Waals surface area contributed by atoms with Crippen molar-refractivity contribution in [3.63, 3.8) is 0 Å². The molecule has 0 aliphatic carbocycles. The fourth-order valence-electron chi connectivity index (χ4n) is 1.53. The number of nitrogens with zero attached hydrogens (tertiary/aromatic N) is 1. The molecule has 0 heterocycles. The van der Waals surface area contributed by atoms with Gasteiger partial charge in [-0.25, -0.2) is 4.57 Å². The third-order valence-corrected chi connectivity index (χ3v) is 3.07. The average Bonchev–Trinajstić information content (AvgIpc) is 2.41. The van der Waals surface area contributed by atoms with Gasteiger partial charge in [-0.3, -0.25) is 19.9 Å². The molecule has 0 radical (unpaired) electrons. The summed E-state index contributed by atoms with van der Waals surface area (Å²) >= 11 is 5.74. The second-order valence-electron chi connectivity index (χ2n) is 4.03. The summed E-state index contributed by atoms with van der Waals surface area (Å²) in [5.74, 6) is -0.0238. The number of hydrogen-bond donors (Lipinski definition) is 2. The zero-order chi connectivity index (χ0) is 16.3. The van der Waals surface area contributed by atoms with Crippen LogP contribution in [0.2, 0.25) is 5.02 Å². The van der Waals surface area contributed by atoms with E-state index in [1.54, 1.807) is 0 Å². The van der Waals surface area contributed by atoms with Gasteiger partial charge in [0.25, 0.3) is 5.69 Å². The van der Waals surface area contributed by atoms with Crippen molar-refractivity contribution in [3.8, 4) is 17.2 Å². The minimum absolute atomic E-state index is 0.00146. The lowest BCUT2D eigenvalue weighted by molar-refractivity contribution is -0.384. The molecule has 0 bridgehead atoms. The standard InChI is InChI=1S/C12H9ClNO7P/c13-8-1-6-11(12(7-8)21-22(17,18)19)20-10-4-2-9(3-5-10)14(15)16/h1-7H,(H2,17,18,19). The molecule has 0 unspecified atom stereocenters. The smallest absolute Gasteiger partial charge is 0.453 e. The zero-order valence-electron chi connectivity index (χ0n) is 10.7. The molecule has 0 atom stereocenters. The van der Waals surface area contributed by atoms with E-state index >= 15 is 0 Å². The fraction of sp³-hybridized carbons (Fsp3) is 0. The summed E-state index contributed by atoms with van der Waals surface area (Å²) in [6, 6.07) is 9.12. The SMILES string of the molecule is O=[N+]([O-])c1ccc(Oc2ccc(Cl)cc2OP(=O)(O)O)cc1. The Morgan fingerprint density at radius 2 is 1.73 bits per heavy atom. The van der Waals surface area contributed by atoms with Crippen LogP contribution in [-0.4, -0.2) is 14.7 Å². The quantitative estimate of drug-likeness (QED) is 0.483.